The summed E-state index contributed by atoms with van der Waals surface area (Å²) in [6, 6.07) is 0. The van der Waals surface area contributed by atoms with Gasteiger partial charge < -0.3 is 10.2 Å². The van der Waals surface area contributed by atoms with Crippen LogP contribution in [0.25, 0.3) is 0 Å². The summed E-state index contributed by atoms with van der Waals surface area (Å²) in [7, 11) is -3.22. The smallest absolute Gasteiger partial charge is 0.213 e. The molecule has 2 fully saturated rings. The number of likely N-dealkylation sites (tertiary alicyclic amines) is 1. The van der Waals surface area contributed by atoms with Gasteiger partial charge in [0.05, 0.1) is 12.3 Å². The summed E-state index contributed by atoms with van der Waals surface area (Å²) in [4.78, 5) is 6.85. The first kappa shape index (κ1) is 23.9. The molecule has 0 aromatic heterocycles. The molecule has 2 rings (SSSR count). The highest BCUT2D eigenvalue weighted by atomic mass is 127. The Morgan fingerprint density at radius 1 is 1.23 bits per heavy atom. The summed E-state index contributed by atoms with van der Waals surface area (Å²) in [6.45, 7) is 10.3. The maximum Gasteiger partial charge on any atom is 0.213 e. The highest BCUT2D eigenvalue weighted by Gasteiger charge is 2.25. The van der Waals surface area contributed by atoms with Gasteiger partial charge in [-0.25, -0.2) is 13.1 Å². The Morgan fingerprint density at radius 3 is 2.54 bits per heavy atom. The van der Waals surface area contributed by atoms with Crippen molar-refractivity contribution >= 4 is 40.0 Å². The van der Waals surface area contributed by atoms with Crippen molar-refractivity contribution in [2.75, 3.05) is 38.5 Å². The van der Waals surface area contributed by atoms with Crippen molar-refractivity contribution in [1.82, 2.24) is 14.9 Å². The average molecular weight is 500 g/mol. The van der Waals surface area contributed by atoms with Gasteiger partial charge >= 0.3 is 0 Å². The number of hydrogen-bond acceptors (Lipinski definition) is 3. The van der Waals surface area contributed by atoms with Crippen LogP contribution in [0.1, 0.15) is 52.9 Å². The first-order valence-corrected chi connectivity index (χ1v) is 11.6. The number of hydrogen-bond donors (Lipinski definition) is 2. The molecule has 1 saturated heterocycles. The lowest BCUT2D eigenvalue weighted by atomic mass is 9.86. The Balaban J connectivity index is 0.00000338. The minimum absolute atomic E-state index is 0. The van der Waals surface area contributed by atoms with Gasteiger partial charge in [-0.3, -0.25) is 4.99 Å². The zero-order valence-electron chi connectivity index (χ0n) is 16.5. The minimum atomic E-state index is -3.22. The zero-order chi connectivity index (χ0) is 18.3. The highest BCUT2D eigenvalue weighted by molar-refractivity contribution is 14.0. The fourth-order valence-electron chi connectivity index (χ4n) is 3.60. The van der Waals surface area contributed by atoms with E-state index in [-0.39, 0.29) is 29.7 Å². The summed E-state index contributed by atoms with van der Waals surface area (Å²) in [6.07, 6.45) is 5.98. The van der Waals surface area contributed by atoms with Crippen molar-refractivity contribution in [1.29, 1.82) is 0 Å². The third-order valence-corrected chi connectivity index (χ3v) is 6.49. The third-order valence-electron chi connectivity index (χ3n) is 5.16. The minimum Gasteiger partial charge on any atom is -0.357 e. The number of nitrogens with zero attached hydrogens (tertiary/aromatic N) is 2. The fourth-order valence-corrected chi connectivity index (χ4v) is 4.56. The van der Waals surface area contributed by atoms with Crippen LogP contribution in [0.5, 0.6) is 0 Å². The van der Waals surface area contributed by atoms with Gasteiger partial charge in [0.2, 0.25) is 10.0 Å². The quantitative estimate of drug-likeness (QED) is 0.290. The maximum absolute atomic E-state index is 12.1. The lowest BCUT2D eigenvalue weighted by Crippen LogP contribution is -2.40. The van der Waals surface area contributed by atoms with Crippen LogP contribution in [-0.4, -0.2) is 57.8 Å². The number of sulfonamides is 1. The van der Waals surface area contributed by atoms with Crippen LogP contribution < -0.4 is 10.0 Å². The Morgan fingerprint density at radius 2 is 1.96 bits per heavy atom. The van der Waals surface area contributed by atoms with E-state index in [1.807, 2.05) is 6.92 Å². The van der Waals surface area contributed by atoms with Crippen LogP contribution in [0.3, 0.4) is 0 Å². The molecule has 0 aromatic carbocycles. The molecule has 1 aliphatic heterocycles. The molecule has 1 unspecified atom stereocenters. The second-order valence-corrected chi connectivity index (χ2v) is 9.86. The maximum atomic E-state index is 12.1. The number of aliphatic imine (C=N–C) groups is 1. The van der Waals surface area contributed by atoms with Crippen LogP contribution >= 0.6 is 24.0 Å². The molecule has 0 amide bonds. The molecule has 2 aliphatic rings. The molecule has 1 saturated carbocycles. The average Bonchev–Trinajstić information content (AvgIpc) is 2.92. The van der Waals surface area contributed by atoms with Gasteiger partial charge in [0.15, 0.2) is 5.96 Å². The predicted octanol–water partition coefficient (Wildman–Crippen LogP) is 2.66. The molecule has 0 bridgehead atoms. The molecule has 154 valence electrons. The van der Waals surface area contributed by atoms with Crippen LogP contribution in [-0.2, 0) is 10.0 Å². The van der Waals surface area contributed by atoms with Crippen molar-refractivity contribution in [2.24, 2.45) is 22.7 Å². The zero-order valence-corrected chi connectivity index (χ0v) is 19.7. The van der Waals surface area contributed by atoms with E-state index in [4.69, 9.17) is 0 Å². The van der Waals surface area contributed by atoms with E-state index in [0.29, 0.717) is 19.0 Å². The predicted molar refractivity (Wildman–Crippen MR) is 120 cm³/mol. The summed E-state index contributed by atoms with van der Waals surface area (Å²) >= 11 is 0. The second kappa shape index (κ2) is 11.7. The van der Waals surface area contributed by atoms with E-state index in [0.717, 1.165) is 50.3 Å². The third kappa shape index (κ3) is 8.29. The molecule has 0 radical (unpaired) electrons. The summed E-state index contributed by atoms with van der Waals surface area (Å²) in [5.41, 5.74) is 0. The molecule has 0 aromatic rings. The van der Waals surface area contributed by atoms with Gasteiger partial charge in [-0.15, -0.1) is 24.0 Å². The topological polar surface area (TPSA) is 73.8 Å². The Kier molecular flexibility index (Phi) is 10.8. The SMILES string of the molecule is CCNC(=NCCS(=O)(=O)NCC1CCC1)N1CCC(CC(C)C)C1.I. The summed E-state index contributed by atoms with van der Waals surface area (Å²) in [5.74, 6) is 2.91. The fraction of sp³-hybridized carbons (Fsp3) is 0.944. The first-order valence-electron chi connectivity index (χ1n) is 9.90. The molecular formula is C18H37IN4O2S. The molecule has 6 nitrogen and oxygen atoms in total. The van der Waals surface area contributed by atoms with Gasteiger partial charge in [-0.05, 0) is 50.4 Å². The standard InChI is InChI=1S/C18H36N4O2S.HI/c1-4-19-18(22-10-8-17(14-22)12-15(2)3)20-9-11-25(23,24)21-13-16-6-5-7-16;/h15-17,21H,4-14H2,1-3H3,(H,19,20);1H. The van der Waals surface area contributed by atoms with Crippen molar-refractivity contribution in [3.63, 3.8) is 0 Å². The molecule has 26 heavy (non-hydrogen) atoms. The van der Waals surface area contributed by atoms with E-state index in [1.54, 1.807) is 0 Å². The van der Waals surface area contributed by atoms with Crippen molar-refractivity contribution in [2.45, 2.75) is 52.9 Å². The van der Waals surface area contributed by atoms with Gasteiger partial charge in [-0.2, -0.15) is 0 Å². The number of nitrogens with one attached hydrogen (secondary N) is 2. The second-order valence-electron chi connectivity index (χ2n) is 7.93. The molecule has 0 spiro atoms. The Bertz CT molecular complexity index is 535. The van der Waals surface area contributed by atoms with Crippen molar-refractivity contribution < 1.29 is 8.42 Å². The molecule has 1 heterocycles. The van der Waals surface area contributed by atoms with Crippen molar-refractivity contribution in [3.8, 4) is 0 Å². The van der Waals surface area contributed by atoms with E-state index in [1.165, 1.54) is 19.3 Å². The van der Waals surface area contributed by atoms with Gasteiger partial charge in [0.1, 0.15) is 0 Å². The lowest BCUT2D eigenvalue weighted by Gasteiger charge is -2.25. The Labute approximate surface area is 177 Å². The van der Waals surface area contributed by atoms with Crippen LogP contribution in [0, 0.1) is 17.8 Å². The summed E-state index contributed by atoms with van der Waals surface area (Å²) in [5, 5.41) is 3.31. The molecule has 2 N–H and O–H groups in total. The van der Waals surface area contributed by atoms with Crippen LogP contribution in [0.2, 0.25) is 0 Å². The van der Waals surface area contributed by atoms with Crippen LogP contribution in [0.15, 0.2) is 4.99 Å². The Hall–Kier alpha value is -0.0900. The number of rotatable bonds is 9. The molecule has 8 heteroatoms. The number of halogens is 1. The first-order chi connectivity index (χ1) is 11.9. The van der Waals surface area contributed by atoms with Gasteiger partial charge in [-0.1, -0.05) is 20.3 Å². The van der Waals surface area contributed by atoms with E-state index < -0.39 is 10.0 Å². The van der Waals surface area contributed by atoms with Crippen molar-refractivity contribution in [3.05, 3.63) is 0 Å². The van der Waals surface area contributed by atoms with E-state index >= 15 is 0 Å². The van der Waals surface area contributed by atoms with Gasteiger partial charge in [0.25, 0.3) is 0 Å². The number of guanidine groups is 1. The van der Waals surface area contributed by atoms with E-state index in [9.17, 15) is 8.42 Å². The monoisotopic (exact) mass is 500 g/mol. The normalized spacial score (nSPS) is 21.6. The molecule has 1 atom stereocenters. The van der Waals surface area contributed by atoms with E-state index in [2.05, 4.69) is 33.8 Å². The lowest BCUT2D eigenvalue weighted by molar-refractivity contribution is 0.316. The molecular weight excluding hydrogens is 463 g/mol. The summed E-state index contributed by atoms with van der Waals surface area (Å²) < 4.78 is 26.9. The molecule has 1 aliphatic carbocycles. The van der Waals surface area contributed by atoms with Gasteiger partial charge in [0, 0.05) is 26.2 Å². The van der Waals surface area contributed by atoms with Crippen LogP contribution in [0.4, 0.5) is 0 Å². The highest BCUT2D eigenvalue weighted by Crippen LogP contribution is 2.25. The largest absolute Gasteiger partial charge is 0.357 e.